The van der Waals surface area contributed by atoms with E-state index < -0.39 is 17.7 Å². The molecule has 1 N–H and O–H groups in total. The van der Waals surface area contributed by atoms with Crippen LogP contribution in [0.2, 0.25) is 0 Å². The van der Waals surface area contributed by atoms with Gasteiger partial charge in [0.1, 0.15) is 0 Å². The maximum Gasteiger partial charge on any atom is 0.225 e. The molecule has 1 aliphatic heterocycles. The third-order valence-electron chi connectivity index (χ3n) is 4.43. The minimum atomic E-state index is -0.913. The van der Waals surface area contributed by atoms with Crippen LogP contribution in [0.1, 0.15) is 31.4 Å². The summed E-state index contributed by atoms with van der Waals surface area (Å²) >= 11 is 0. The van der Waals surface area contributed by atoms with E-state index in [9.17, 15) is 13.6 Å². The number of amides is 1. The quantitative estimate of drug-likeness (QED) is 0.925. The van der Waals surface area contributed by atoms with Crippen LogP contribution in [-0.2, 0) is 4.79 Å². The first kappa shape index (κ1) is 17.3. The van der Waals surface area contributed by atoms with Crippen molar-refractivity contribution < 1.29 is 13.6 Å². The van der Waals surface area contributed by atoms with Gasteiger partial charge in [-0.3, -0.25) is 4.79 Å². The molecule has 1 aromatic heterocycles. The van der Waals surface area contributed by atoms with Crippen LogP contribution in [0.5, 0.6) is 0 Å². The van der Waals surface area contributed by atoms with Crippen LogP contribution >= 0.6 is 0 Å². The second-order valence-corrected chi connectivity index (χ2v) is 6.24. The van der Waals surface area contributed by atoms with Crippen LogP contribution in [0.15, 0.2) is 36.7 Å². The third kappa shape index (κ3) is 4.10. The molecule has 2 heterocycles. The second kappa shape index (κ2) is 7.55. The van der Waals surface area contributed by atoms with Gasteiger partial charge in [0.15, 0.2) is 11.6 Å². The highest BCUT2D eigenvalue weighted by Gasteiger charge is 2.28. The molecule has 3 rings (SSSR count). The van der Waals surface area contributed by atoms with Gasteiger partial charge in [0.2, 0.25) is 11.9 Å². The number of piperidine rings is 1. The molecular formula is C18H20F2N4O. The van der Waals surface area contributed by atoms with Crippen molar-refractivity contribution in [1.29, 1.82) is 0 Å². The Morgan fingerprint density at radius 1 is 1.28 bits per heavy atom. The van der Waals surface area contributed by atoms with Gasteiger partial charge in [0.05, 0.1) is 12.0 Å². The number of hydrogen-bond donors (Lipinski definition) is 1. The van der Waals surface area contributed by atoms with Gasteiger partial charge in [-0.2, -0.15) is 0 Å². The van der Waals surface area contributed by atoms with E-state index in [-0.39, 0.29) is 11.8 Å². The molecule has 0 radical (unpaired) electrons. The Kier molecular flexibility index (Phi) is 5.21. The summed E-state index contributed by atoms with van der Waals surface area (Å²) in [6.07, 6.45) is 5.00. The number of nitrogens with zero attached hydrogens (tertiary/aromatic N) is 3. The molecule has 2 aromatic rings. The molecule has 2 unspecified atom stereocenters. The Hall–Kier alpha value is -2.57. The Morgan fingerprint density at radius 3 is 2.76 bits per heavy atom. The zero-order valence-corrected chi connectivity index (χ0v) is 14.0. The van der Waals surface area contributed by atoms with Crippen molar-refractivity contribution in [2.45, 2.75) is 25.8 Å². The van der Waals surface area contributed by atoms with E-state index in [2.05, 4.69) is 15.3 Å². The highest BCUT2D eigenvalue weighted by atomic mass is 19.2. The number of nitrogens with one attached hydrogen (secondary N) is 1. The minimum Gasteiger partial charge on any atom is -0.349 e. The van der Waals surface area contributed by atoms with Crippen molar-refractivity contribution in [2.75, 3.05) is 18.0 Å². The number of halogens is 2. The molecule has 1 saturated heterocycles. The number of anilines is 1. The lowest BCUT2D eigenvalue weighted by Crippen LogP contribution is -2.44. The van der Waals surface area contributed by atoms with Crippen LogP contribution in [-0.4, -0.2) is 29.0 Å². The Morgan fingerprint density at radius 2 is 2.04 bits per heavy atom. The molecule has 5 nitrogen and oxygen atoms in total. The van der Waals surface area contributed by atoms with Crippen LogP contribution in [0.25, 0.3) is 0 Å². The number of hydrogen-bond acceptors (Lipinski definition) is 4. The molecular weight excluding hydrogens is 326 g/mol. The molecule has 7 heteroatoms. The molecule has 1 aromatic carbocycles. The van der Waals surface area contributed by atoms with Crippen molar-refractivity contribution in [3.63, 3.8) is 0 Å². The molecule has 132 valence electrons. The first-order chi connectivity index (χ1) is 12.0. The lowest BCUT2D eigenvalue weighted by atomic mass is 9.96. The number of carbonyl (C=O) groups is 1. The molecule has 0 saturated carbocycles. The monoisotopic (exact) mass is 346 g/mol. The van der Waals surface area contributed by atoms with Crippen LogP contribution < -0.4 is 10.2 Å². The van der Waals surface area contributed by atoms with E-state index in [0.717, 1.165) is 31.5 Å². The van der Waals surface area contributed by atoms with Crippen LogP contribution in [0.4, 0.5) is 14.7 Å². The van der Waals surface area contributed by atoms with Gasteiger partial charge in [0, 0.05) is 25.5 Å². The lowest BCUT2D eigenvalue weighted by Gasteiger charge is -2.32. The zero-order chi connectivity index (χ0) is 17.8. The largest absolute Gasteiger partial charge is 0.349 e. The van der Waals surface area contributed by atoms with Crippen molar-refractivity contribution >= 4 is 11.9 Å². The topological polar surface area (TPSA) is 58.1 Å². The molecule has 25 heavy (non-hydrogen) atoms. The SMILES string of the molecule is CC(NC(=O)C1CCCN(c2ncccn2)C1)c1ccc(F)c(F)c1. The zero-order valence-electron chi connectivity index (χ0n) is 14.0. The van der Waals surface area contributed by atoms with Gasteiger partial charge in [0.25, 0.3) is 0 Å². The fourth-order valence-corrected chi connectivity index (χ4v) is 3.02. The van der Waals surface area contributed by atoms with Gasteiger partial charge < -0.3 is 10.2 Å². The molecule has 0 spiro atoms. The van der Waals surface area contributed by atoms with Crippen LogP contribution in [0.3, 0.4) is 0 Å². The van der Waals surface area contributed by atoms with Crippen molar-refractivity contribution in [3.8, 4) is 0 Å². The van der Waals surface area contributed by atoms with E-state index >= 15 is 0 Å². The number of benzene rings is 1. The number of rotatable bonds is 4. The average molecular weight is 346 g/mol. The van der Waals surface area contributed by atoms with Gasteiger partial charge in [-0.15, -0.1) is 0 Å². The van der Waals surface area contributed by atoms with E-state index in [0.29, 0.717) is 18.1 Å². The predicted molar refractivity (Wildman–Crippen MR) is 89.9 cm³/mol. The first-order valence-corrected chi connectivity index (χ1v) is 8.32. The molecule has 2 atom stereocenters. The molecule has 1 fully saturated rings. The normalized spacial score (nSPS) is 18.7. The maximum atomic E-state index is 13.4. The highest BCUT2D eigenvalue weighted by Crippen LogP contribution is 2.22. The second-order valence-electron chi connectivity index (χ2n) is 6.24. The number of aromatic nitrogens is 2. The van der Waals surface area contributed by atoms with Gasteiger partial charge >= 0.3 is 0 Å². The Balaban J connectivity index is 1.63. The number of carbonyl (C=O) groups excluding carboxylic acids is 1. The fraction of sp³-hybridized carbons (Fsp3) is 0.389. The molecule has 0 aliphatic carbocycles. The maximum absolute atomic E-state index is 13.4. The third-order valence-corrected chi connectivity index (χ3v) is 4.43. The first-order valence-electron chi connectivity index (χ1n) is 8.32. The van der Waals surface area contributed by atoms with E-state index in [4.69, 9.17) is 0 Å². The van der Waals surface area contributed by atoms with E-state index in [1.165, 1.54) is 6.07 Å². The van der Waals surface area contributed by atoms with Gasteiger partial charge in [-0.1, -0.05) is 6.07 Å². The van der Waals surface area contributed by atoms with Crippen LogP contribution in [0, 0.1) is 17.6 Å². The highest BCUT2D eigenvalue weighted by molar-refractivity contribution is 5.80. The lowest BCUT2D eigenvalue weighted by molar-refractivity contribution is -0.125. The summed E-state index contributed by atoms with van der Waals surface area (Å²) in [6, 6.07) is 5.02. The van der Waals surface area contributed by atoms with E-state index in [1.54, 1.807) is 25.4 Å². The van der Waals surface area contributed by atoms with Crippen molar-refractivity contribution in [1.82, 2.24) is 15.3 Å². The summed E-state index contributed by atoms with van der Waals surface area (Å²) < 4.78 is 26.4. The summed E-state index contributed by atoms with van der Waals surface area (Å²) in [7, 11) is 0. The van der Waals surface area contributed by atoms with Gasteiger partial charge in [-0.25, -0.2) is 18.7 Å². The molecule has 1 aliphatic rings. The smallest absolute Gasteiger partial charge is 0.225 e. The average Bonchev–Trinajstić information content (AvgIpc) is 2.64. The standard InChI is InChI=1S/C18H20F2N4O/c1-12(13-5-6-15(19)16(20)10-13)23-17(25)14-4-2-9-24(11-14)18-21-7-3-8-22-18/h3,5-8,10,12,14H,2,4,9,11H2,1H3,(H,23,25). The van der Waals surface area contributed by atoms with E-state index in [1.807, 2.05) is 4.90 Å². The van der Waals surface area contributed by atoms with Crippen molar-refractivity contribution in [3.05, 3.63) is 53.9 Å². The summed E-state index contributed by atoms with van der Waals surface area (Å²) in [6.45, 7) is 3.11. The Labute approximate surface area is 145 Å². The molecule has 0 bridgehead atoms. The summed E-state index contributed by atoms with van der Waals surface area (Å²) in [5.74, 6) is -1.48. The van der Waals surface area contributed by atoms with Gasteiger partial charge in [-0.05, 0) is 43.5 Å². The predicted octanol–water partition coefficient (Wildman–Crippen LogP) is 2.85. The Bertz CT molecular complexity index is 741. The summed E-state index contributed by atoms with van der Waals surface area (Å²) in [5.41, 5.74) is 0.534. The summed E-state index contributed by atoms with van der Waals surface area (Å²) in [4.78, 5) is 23.0. The summed E-state index contributed by atoms with van der Waals surface area (Å²) in [5, 5.41) is 2.89. The minimum absolute atomic E-state index is 0.0992. The molecule has 1 amide bonds. The fourth-order valence-electron chi connectivity index (χ4n) is 3.02. The van der Waals surface area contributed by atoms with Crippen molar-refractivity contribution in [2.24, 2.45) is 5.92 Å².